The summed E-state index contributed by atoms with van der Waals surface area (Å²) in [7, 11) is 1.52. The van der Waals surface area contributed by atoms with Crippen molar-refractivity contribution in [3.63, 3.8) is 0 Å². The number of morpholine rings is 1. The van der Waals surface area contributed by atoms with Crippen molar-refractivity contribution >= 4 is 11.6 Å². The monoisotopic (exact) mass is 394 g/mol. The minimum Gasteiger partial charge on any atom is -0.480 e. The molecule has 1 saturated heterocycles. The number of hydrogen-bond acceptors (Lipinski definition) is 8. The number of nitrogens with one attached hydrogen (secondary N) is 1. The summed E-state index contributed by atoms with van der Waals surface area (Å²) >= 11 is 0. The molecule has 0 aromatic carbocycles. The Bertz CT molecular complexity index is 933. The summed E-state index contributed by atoms with van der Waals surface area (Å²) in [6, 6.07) is 4.02. The molecule has 2 aliphatic rings. The number of aromatic nitrogens is 3. The highest BCUT2D eigenvalue weighted by Crippen LogP contribution is 2.42. The molecule has 0 spiro atoms. The van der Waals surface area contributed by atoms with Gasteiger partial charge in [-0.15, -0.1) is 0 Å². The number of nitriles is 1. The third-order valence-corrected chi connectivity index (χ3v) is 5.51. The maximum Gasteiger partial charge on any atom is 0.233 e. The van der Waals surface area contributed by atoms with Crippen molar-refractivity contribution in [1.82, 2.24) is 15.0 Å². The van der Waals surface area contributed by atoms with Gasteiger partial charge in [0.05, 0.1) is 37.7 Å². The van der Waals surface area contributed by atoms with Crippen LogP contribution in [0.4, 0.5) is 11.6 Å². The molecular weight excluding hydrogens is 368 g/mol. The Morgan fingerprint density at radius 3 is 2.83 bits per heavy atom. The third kappa shape index (κ3) is 3.96. The maximum atomic E-state index is 9.59. The molecular formula is C21H26N6O2. The molecule has 0 radical (unpaired) electrons. The van der Waals surface area contributed by atoms with Gasteiger partial charge in [0.15, 0.2) is 0 Å². The third-order valence-electron chi connectivity index (χ3n) is 5.51. The van der Waals surface area contributed by atoms with E-state index in [0.29, 0.717) is 30.3 Å². The maximum absolute atomic E-state index is 9.59. The van der Waals surface area contributed by atoms with Gasteiger partial charge >= 0.3 is 0 Å². The van der Waals surface area contributed by atoms with E-state index >= 15 is 0 Å². The molecule has 1 atom stereocenters. The first-order valence-electron chi connectivity index (χ1n) is 9.89. The normalized spacial score (nSPS) is 20.5. The lowest BCUT2D eigenvalue weighted by Gasteiger charge is -2.37. The second-order valence-electron chi connectivity index (χ2n) is 8.27. The van der Waals surface area contributed by atoms with Gasteiger partial charge in [-0.1, -0.05) is 13.8 Å². The quantitative estimate of drug-likeness (QED) is 0.846. The number of fused-ring (bicyclic) bond motifs is 1. The minimum atomic E-state index is 0.00620. The van der Waals surface area contributed by atoms with Crippen molar-refractivity contribution < 1.29 is 9.47 Å². The summed E-state index contributed by atoms with van der Waals surface area (Å²) in [6.07, 6.45) is 5.39. The molecule has 1 unspecified atom stereocenters. The van der Waals surface area contributed by atoms with Gasteiger partial charge in [-0.3, -0.25) is 0 Å². The number of anilines is 2. The highest BCUT2D eigenvalue weighted by Gasteiger charge is 2.34. The molecule has 1 aliphatic heterocycles. The second-order valence-corrected chi connectivity index (χ2v) is 8.27. The van der Waals surface area contributed by atoms with Crippen molar-refractivity contribution in [2.24, 2.45) is 5.41 Å². The lowest BCUT2D eigenvalue weighted by molar-refractivity contribution is 0.122. The van der Waals surface area contributed by atoms with E-state index in [2.05, 4.69) is 40.1 Å². The molecule has 2 aromatic heterocycles. The fourth-order valence-electron chi connectivity index (χ4n) is 4.09. The van der Waals surface area contributed by atoms with Crippen LogP contribution in [0.3, 0.4) is 0 Å². The zero-order valence-electron chi connectivity index (χ0n) is 17.1. The Labute approximate surface area is 170 Å². The molecule has 1 N–H and O–H groups in total. The van der Waals surface area contributed by atoms with E-state index < -0.39 is 0 Å². The Kier molecular flexibility index (Phi) is 5.24. The van der Waals surface area contributed by atoms with Crippen molar-refractivity contribution in [2.45, 2.75) is 32.7 Å². The van der Waals surface area contributed by atoms with Crippen LogP contribution in [0.2, 0.25) is 0 Å². The summed E-state index contributed by atoms with van der Waals surface area (Å²) in [4.78, 5) is 15.9. The average Bonchev–Trinajstić information content (AvgIpc) is 2.73. The van der Waals surface area contributed by atoms with E-state index in [4.69, 9.17) is 14.5 Å². The molecule has 0 amide bonds. The predicted molar refractivity (Wildman–Crippen MR) is 109 cm³/mol. The van der Waals surface area contributed by atoms with E-state index in [1.165, 1.54) is 7.11 Å². The molecule has 152 valence electrons. The average molecular weight is 394 g/mol. The Hall–Kier alpha value is -2.92. The largest absolute Gasteiger partial charge is 0.480 e. The summed E-state index contributed by atoms with van der Waals surface area (Å²) < 4.78 is 10.7. The zero-order chi connectivity index (χ0) is 20.4. The molecule has 4 rings (SSSR count). The van der Waals surface area contributed by atoms with Gasteiger partial charge in [0.1, 0.15) is 11.6 Å². The highest BCUT2D eigenvalue weighted by molar-refractivity contribution is 5.62. The smallest absolute Gasteiger partial charge is 0.233 e. The molecule has 1 aliphatic carbocycles. The van der Waals surface area contributed by atoms with Crippen LogP contribution >= 0.6 is 0 Å². The standard InChI is InChI=1S/C21H26N6O2/c1-21(2)10-17(25-16-4-5-23-19(28-3)14(16)12-22)15-13-24-20(26-18(15)11-21)27-6-8-29-9-7-27/h4-5,13,17H,6-11H2,1-3H3,(H,23,25). The fraction of sp³-hybridized carbons (Fsp3) is 0.524. The molecule has 2 aromatic rings. The van der Waals surface area contributed by atoms with Gasteiger partial charge in [-0.25, -0.2) is 15.0 Å². The van der Waals surface area contributed by atoms with Gasteiger partial charge in [-0.2, -0.15) is 5.26 Å². The zero-order valence-corrected chi connectivity index (χ0v) is 17.1. The van der Waals surface area contributed by atoms with E-state index in [1.54, 1.807) is 6.20 Å². The number of rotatable bonds is 4. The van der Waals surface area contributed by atoms with Crippen LogP contribution in [0, 0.1) is 16.7 Å². The fourth-order valence-corrected chi connectivity index (χ4v) is 4.09. The van der Waals surface area contributed by atoms with E-state index in [9.17, 15) is 5.26 Å². The van der Waals surface area contributed by atoms with E-state index in [-0.39, 0.29) is 11.5 Å². The van der Waals surface area contributed by atoms with Crippen LogP contribution in [0.1, 0.15) is 43.1 Å². The Morgan fingerprint density at radius 1 is 1.31 bits per heavy atom. The number of nitrogens with zero attached hydrogens (tertiary/aromatic N) is 5. The molecule has 8 heteroatoms. The molecule has 29 heavy (non-hydrogen) atoms. The van der Waals surface area contributed by atoms with Crippen LogP contribution in [0.5, 0.6) is 5.88 Å². The van der Waals surface area contributed by atoms with E-state index in [1.807, 2.05) is 12.3 Å². The molecule has 8 nitrogen and oxygen atoms in total. The number of pyridine rings is 1. The molecule has 0 bridgehead atoms. The number of methoxy groups -OCH3 is 1. The van der Waals surface area contributed by atoms with Gasteiger partial charge in [0, 0.05) is 31.0 Å². The first-order valence-corrected chi connectivity index (χ1v) is 9.89. The Balaban J connectivity index is 1.67. The van der Waals surface area contributed by atoms with Crippen molar-refractivity contribution in [3.05, 3.63) is 35.3 Å². The lowest BCUT2D eigenvalue weighted by atomic mass is 9.74. The number of hydrogen-bond donors (Lipinski definition) is 1. The van der Waals surface area contributed by atoms with Crippen LogP contribution in [-0.2, 0) is 11.2 Å². The van der Waals surface area contributed by atoms with Gasteiger partial charge in [-0.05, 0) is 24.3 Å². The number of ether oxygens (including phenoxy) is 2. The minimum absolute atomic E-state index is 0.00620. The predicted octanol–water partition coefficient (Wildman–Crippen LogP) is 2.71. The first-order chi connectivity index (χ1) is 14.0. The molecule has 3 heterocycles. The first kappa shape index (κ1) is 19.4. The van der Waals surface area contributed by atoms with Gasteiger partial charge in [0.25, 0.3) is 0 Å². The van der Waals surface area contributed by atoms with Crippen molar-refractivity contribution in [2.75, 3.05) is 43.6 Å². The molecule has 1 fully saturated rings. The topological polar surface area (TPSA) is 96.2 Å². The highest BCUT2D eigenvalue weighted by atomic mass is 16.5. The SMILES string of the molecule is COc1nccc(NC2CC(C)(C)Cc3nc(N4CCOCC4)ncc32)c1C#N. The summed E-state index contributed by atoms with van der Waals surface area (Å²) in [6.45, 7) is 7.53. The molecule has 0 saturated carbocycles. The second kappa shape index (κ2) is 7.84. The summed E-state index contributed by atoms with van der Waals surface area (Å²) in [5.74, 6) is 1.10. The van der Waals surface area contributed by atoms with Crippen LogP contribution in [0.15, 0.2) is 18.5 Å². The lowest BCUT2D eigenvalue weighted by Crippen LogP contribution is -2.38. The van der Waals surface area contributed by atoms with Crippen LogP contribution < -0.4 is 15.0 Å². The Morgan fingerprint density at radius 2 is 2.10 bits per heavy atom. The van der Waals surface area contributed by atoms with Crippen molar-refractivity contribution in [1.29, 1.82) is 5.26 Å². The van der Waals surface area contributed by atoms with Crippen LogP contribution in [-0.4, -0.2) is 48.4 Å². The summed E-state index contributed by atoms with van der Waals surface area (Å²) in [5, 5.41) is 13.1. The van der Waals surface area contributed by atoms with E-state index in [0.717, 1.165) is 43.1 Å². The van der Waals surface area contributed by atoms with Gasteiger partial charge in [0.2, 0.25) is 11.8 Å². The van der Waals surface area contributed by atoms with Crippen LogP contribution in [0.25, 0.3) is 0 Å². The summed E-state index contributed by atoms with van der Waals surface area (Å²) in [5.41, 5.74) is 3.34. The van der Waals surface area contributed by atoms with Crippen molar-refractivity contribution in [3.8, 4) is 11.9 Å². The van der Waals surface area contributed by atoms with Gasteiger partial charge < -0.3 is 19.7 Å².